The minimum absolute atomic E-state index is 0.247. The van der Waals surface area contributed by atoms with Gasteiger partial charge in [-0.05, 0) is 47.2 Å². The zero-order valence-electron chi connectivity index (χ0n) is 15.1. The predicted molar refractivity (Wildman–Crippen MR) is 104 cm³/mol. The molecule has 0 fully saturated rings. The molecular weight excluding hydrogens is 311 g/mol. The standard InChI is InChI=1S/C22H23FN2/c1-14(2)19-6-5-7-20(15(3)4)22(19)24-13-18-10-8-16-12-17(23)9-11-21(16)25-18/h5-15H,1-4H3. The van der Waals surface area contributed by atoms with Crippen LogP contribution in [0.5, 0.6) is 0 Å². The van der Waals surface area contributed by atoms with E-state index in [1.165, 1.54) is 23.3 Å². The molecule has 0 bridgehead atoms. The number of aromatic nitrogens is 1. The topological polar surface area (TPSA) is 25.2 Å². The molecule has 0 unspecified atom stereocenters. The number of para-hydroxylation sites is 1. The Bertz CT molecular complexity index is 900. The number of rotatable bonds is 4. The average molecular weight is 334 g/mol. The molecule has 0 saturated heterocycles. The van der Waals surface area contributed by atoms with Crippen LogP contribution in [0, 0.1) is 5.82 Å². The van der Waals surface area contributed by atoms with E-state index < -0.39 is 0 Å². The number of benzene rings is 2. The van der Waals surface area contributed by atoms with Crippen LogP contribution in [-0.2, 0) is 0 Å². The SMILES string of the molecule is CC(C)c1cccc(C(C)C)c1N=Cc1ccc2cc(F)ccc2n1. The van der Waals surface area contributed by atoms with Gasteiger partial charge in [0.1, 0.15) is 5.82 Å². The second-order valence-electron chi connectivity index (χ2n) is 6.93. The Morgan fingerprint density at radius 2 is 1.60 bits per heavy atom. The lowest BCUT2D eigenvalue weighted by Gasteiger charge is -2.16. The van der Waals surface area contributed by atoms with Crippen molar-refractivity contribution in [3.63, 3.8) is 0 Å². The van der Waals surface area contributed by atoms with Gasteiger partial charge in [-0.1, -0.05) is 52.0 Å². The molecule has 0 N–H and O–H groups in total. The Morgan fingerprint density at radius 1 is 0.920 bits per heavy atom. The first-order chi connectivity index (χ1) is 12.0. The van der Waals surface area contributed by atoms with Crippen molar-refractivity contribution < 1.29 is 4.39 Å². The molecule has 0 saturated carbocycles. The number of nitrogens with zero attached hydrogens (tertiary/aromatic N) is 2. The van der Waals surface area contributed by atoms with Gasteiger partial charge in [0.05, 0.1) is 23.1 Å². The predicted octanol–water partition coefficient (Wildman–Crippen LogP) is 6.37. The molecular formula is C22H23FN2. The van der Waals surface area contributed by atoms with E-state index in [0.717, 1.165) is 22.3 Å². The number of fused-ring (bicyclic) bond motifs is 1. The van der Waals surface area contributed by atoms with Crippen LogP contribution in [0.1, 0.15) is 56.4 Å². The summed E-state index contributed by atoms with van der Waals surface area (Å²) in [5, 5.41) is 0.794. The first-order valence-corrected chi connectivity index (χ1v) is 8.69. The van der Waals surface area contributed by atoms with Crippen LogP contribution >= 0.6 is 0 Å². The summed E-state index contributed by atoms with van der Waals surface area (Å²) in [5.41, 5.74) is 5.06. The molecule has 0 amide bonds. The van der Waals surface area contributed by atoms with Crippen LogP contribution < -0.4 is 0 Å². The highest BCUT2D eigenvalue weighted by atomic mass is 19.1. The molecule has 2 aromatic carbocycles. The second-order valence-corrected chi connectivity index (χ2v) is 6.93. The van der Waals surface area contributed by atoms with Crippen LogP contribution in [0.3, 0.4) is 0 Å². The van der Waals surface area contributed by atoms with Crippen molar-refractivity contribution in [2.24, 2.45) is 4.99 Å². The Morgan fingerprint density at radius 3 is 2.24 bits per heavy atom. The van der Waals surface area contributed by atoms with E-state index >= 15 is 0 Å². The van der Waals surface area contributed by atoms with Crippen LogP contribution in [-0.4, -0.2) is 11.2 Å². The molecule has 0 aliphatic heterocycles. The molecule has 0 spiro atoms. The zero-order chi connectivity index (χ0) is 18.0. The Balaban J connectivity index is 2.03. The molecule has 3 rings (SSSR count). The van der Waals surface area contributed by atoms with Gasteiger partial charge in [0.2, 0.25) is 0 Å². The molecule has 0 radical (unpaired) electrons. The van der Waals surface area contributed by atoms with E-state index in [0.29, 0.717) is 11.8 Å². The zero-order valence-corrected chi connectivity index (χ0v) is 15.1. The highest BCUT2D eigenvalue weighted by Crippen LogP contribution is 2.34. The van der Waals surface area contributed by atoms with Crippen molar-refractivity contribution in [1.82, 2.24) is 4.98 Å². The van der Waals surface area contributed by atoms with E-state index in [-0.39, 0.29) is 5.82 Å². The van der Waals surface area contributed by atoms with Crippen LogP contribution in [0.25, 0.3) is 10.9 Å². The van der Waals surface area contributed by atoms with Crippen LogP contribution in [0.2, 0.25) is 0 Å². The van der Waals surface area contributed by atoms with Gasteiger partial charge in [0.25, 0.3) is 0 Å². The van der Waals surface area contributed by atoms with E-state index in [4.69, 9.17) is 4.99 Å². The molecule has 128 valence electrons. The Hall–Kier alpha value is -2.55. The summed E-state index contributed by atoms with van der Waals surface area (Å²) in [6, 6.07) is 14.8. The molecule has 25 heavy (non-hydrogen) atoms. The van der Waals surface area contributed by atoms with Crippen molar-refractivity contribution in [2.75, 3.05) is 0 Å². The summed E-state index contributed by atoms with van der Waals surface area (Å²) in [4.78, 5) is 9.35. The van der Waals surface area contributed by atoms with Gasteiger partial charge in [-0.3, -0.25) is 4.99 Å². The smallest absolute Gasteiger partial charge is 0.123 e. The third kappa shape index (κ3) is 3.76. The number of pyridine rings is 1. The average Bonchev–Trinajstić information content (AvgIpc) is 2.59. The maximum atomic E-state index is 13.3. The number of hydrogen-bond acceptors (Lipinski definition) is 2. The number of aliphatic imine (C=N–C) groups is 1. The van der Waals surface area contributed by atoms with Gasteiger partial charge < -0.3 is 0 Å². The quantitative estimate of drug-likeness (QED) is 0.509. The molecule has 1 heterocycles. The number of halogens is 1. The molecule has 2 nitrogen and oxygen atoms in total. The van der Waals surface area contributed by atoms with Gasteiger partial charge in [-0.25, -0.2) is 9.37 Å². The van der Waals surface area contributed by atoms with Gasteiger partial charge in [-0.15, -0.1) is 0 Å². The van der Waals surface area contributed by atoms with E-state index in [9.17, 15) is 4.39 Å². The van der Waals surface area contributed by atoms with Crippen LogP contribution in [0.4, 0.5) is 10.1 Å². The van der Waals surface area contributed by atoms with Gasteiger partial charge in [0, 0.05) is 5.39 Å². The Kier molecular flexibility index (Phi) is 4.93. The minimum Gasteiger partial charge on any atom is -0.254 e. The summed E-state index contributed by atoms with van der Waals surface area (Å²) >= 11 is 0. The highest BCUT2D eigenvalue weighted by Gasteiger charge is 2.12. The van der Waals surface area contributed by atoms with Crippen molar-refractivity contribution in [2.45, 2.75) is 39.5 Å². The van der Waals surface area contributed by atoms with Crippen LogP contribution in [0.15, 0.2) is 53.5 Å². The van der Waals surface area contributed by atoms with Crippen molar-refractivity contribution in [3.05, 3.63) is 71.2 Å². The molecule has 1 aromatic heterocycles. The maximum absolute atomic E-state index is 13.3. The number of hydrogen-bond donors (Lipinski definition) is 0. The summed E-state index contributed by atoms with van der Waals surface area (Å²) in [6.07, 6.45) is 1.80. The summed E-state index contributed by atoms with van der Waals surface area (Å²) < 4.78 is 13.3. The minimum atomic E-state index is -0.247. The fourth-order valence-electron chi connectivity index (χ4n) is 2.98. The normalized spacial score (nSPS) is 12.0. The largest absolute Gasteiger partial charge is 0.254 e. The van der Waals surface area contributed by atoms with Crippen molar-refractivity contribution in [3.8, 4) is 0 Å². The molecule has 0 aliphatic rings. The van der Waals surface area contributed by atoms with E-state index in [1.54, 1.807) is 12.3 Å². The molecule has 0 aliphatic carbocycles. The molecule has 3 aromatic rings. The fraction of sp³-hybridized carbons (Fsp3) is 0.273. The first-order valence-electron chi connectivity index (χ1n) is 8.69. The van der Waals surface area contributed by atoms with Gasteiger partial charge >= 0.3 is 0 Å². The summed E-state index contributed by atoms with van der Waals surface area (Å²) in [7, 11) is 0. The maximum Gasteiger partial charge on any atom is 0.123 e. The molecule has 0 atom stereocenters. The third-order valence-corrected chi connectivity index (χ3v) is 4.34. The fourth-order valence-corrected chi connectivity index (χ4v) is 2.98. The summed E-state index contributed by atoms with van der Waals surface area (Å²) in [5.74, 6) is 0.555. The lowest BCUT2D eigenvalue weighted by Crippen LogP contribution is -1.96. The van der Waals surface area contributed by atoms with Crippen molar-refractivity contribution in [1.29, 1.82) is 0 Å². The third-order valence-electron chi connectivity index (χ3n) is 4.34. The first kappa shape index (κ1) is 17.3. The lowest BCUT2D eigenvalue weighted by atomic mass is 9.93. The summed E-state index contributed by atoms with van der Waals surface area (Å²) in [6.45, 7) is 8.73. The van der Waals surface area contributed by atoms with E-state index in [2.05, 4.69) is 50.9 Å². The Labute approximate surface area is 148 Å². The molecule has 3 heteroatoms. The van der Waals surface area contributed by atoms with E-state index in [1.807, 2.05) is 12.1 Å². The van der Waals surface area contributed by atoms with Gasteiger partial charge in [-0.2, -0.15) is 0 Å². The highest BCUT2D eigenvalue weighted by molar-refractivity contribution is 5.86. The second kappa shape index (κ2) is 7.14. The van der Waals surface area contributed by atoms with Crippen molar-refractivity contribution >= 4 is 22.8 Å². The van der Waals surface area contributed by atoms with Gasteiger partial charge in [0.15, 0.2) is 0 Å². The lowest BCUT2D eigenvalue weighted by molar-refractivity contribution is 0.629. The monoisotopic (exact) mass is 334 g/mol.